The first-order valence-corrected chi connectivity index (χ1v) is 8.88. The largest absolute Gasteiger partial charge is 0.444 e. The number of hydrogen-bond donors (Lipinski definition) is 1. The predicted molar refractivity (Wildman–Crippen MR) is 94.3 cm³/mol. The fourth-order valence-electron chi connectivity index (χ4n) is 2.71. The van der Waals surface area contributed by atoms with Gasteiger partial charge in [-0.15, -0.1) is 0 Å². The number of halogens is 2. The molecule has 1 saturated heterocycles. The quantitative estimate of drug-likeness (QED) is 0.643. The highest BCUT2D eigenvalue weighted by atomic mass is 35.5. The number of carbonyl (C=O) groups is 1. The molecular formula is C16H24Cl2N4O2. The van der Waals surface area contributed by atoms with Gasteiger partial charge in [-0.3, -0.25) is 4.90 Å². The van der Waals surface area contributed by atoms with Crippen LogP contribution in [0, 0.1) is 0 Å². The zero-order chi connectivity index (χ0) is 17.7. The van der Waals surface area contributed by atoms with Crippen LogP contribution < -0.4 is 5.32 Å². The molecule has 0 aliphatic carbocycles. The number of rotatable bonds is 4. The molecule has 2 rings (SSSR count). The molecule has 1 aliphatic rings. The number of alkyl carbamates (subject to hydrolysis) is 1. The second-order valence-corrected chi connectivity index (χ2v) is 7.65. The number of nitrogens with zero attached hydrogens (tertiary/aromatic N) is 3. The highest BCUT2D eigenvalue weighted by molar-refractivity contribution is 6.32. The van der Waals surface area contributed by atoms with Crippen LogP contribution in [0.1, 0.15) is 45.6 Å². The summed E-state index contributed by atoms with van der Waals surface area (Å²) in [5.74, 6) is 0. The molecule has 0 unspecified atom stereocenters. The van der Waals surface area contributed by atoms with Gasteiger partial charge in [-0.05, 0) is 51.8 Å². The minimum absolute atomic E-state index is 0.144. The molecule has 0 bridgehead atoms. The molecule has 134 valence electrons. The van der Waals surface area contributed by atoms with Crippen molar-refractivity contribution in [3.63, 3.8) is 0 Å². The number of likely N-dealkylation sites (tertiary alicyclic amines) is 1. The first kappa shape index (κ1) is 19.2. The third kappa shape index (κ3) is 6.07. The summed E-state index contributed by atoms with van der Waals surface area (Å²) in [6, 6.07) is 0.234. The Bertz CT molecular complexity index is 578. The van der Waals surface area contributed by atoms with E-state index < -0.39 is 5.60 Å². The van der Waals surface area contributed by atoms with E-state index in [4.69, 9.17) is 27.9 Å². The Balaban J connectivity index is 1.94. The minimum atomic E-state index is -0.496. The predicted octanol–water partition coefficient (Wildman–Crippen LogP) is 3.66. The molecule has 6 nitrogen and oxygen atoms in total. The van der Waals surface area contributed by atoms with Crippen molar-refractivity contribution in [2.75, 3.05) is 13.1 Å². The van der Waals surface area contributed by atoms with Gasteiger partial charge in [0, 0.05) is 30.9 Å². The van der Waals surface area contributed by atoms with Crippen LogP contribution in [0.15, 0.2) is 6.20 Å². The van der Waals surface area contributed by atoms with Crippen LogP contribution in [-0.4, -0.2) is 45.7 Å². The number of piperidine rings is 1. The number of carbonyl (C=O) groups excluding carboxylic acids is 1. The molecule has 0 aromatic carbocycles. The van der Waals surface area contributed by atoms with E-state index in [1.807, 2.05) is 20.8 Å². The molecule has 1 aliphatic heterocycles. The monoisotopic (exact) mass is 374 g/mol. The maximum Gasteiger partial charge on any atom is 0.407 e. The number of ether oxygens (including phenoxy) is 1. The van der Waals surface area contributed by atoms with Gasteiger partial charge < -0.3 is 10.1 Å². The van der Waals surface area contributed by atoms with E-state index in [1.165, 1.54) is 0 Å². The van der Waals surface area contributed by atoms with E-state index in [0.29, 0.717) is 18.2 Å². The highest BCUT2D eigenvalue weighted by Gasteiger charge is 2.25. The van der Waals surface area contributed by atoms with Crippen LogP contribution in [0.5, 0.6) is 0 Å². The SMILES string of the molecule is CC(C)(C)OC(=O)NC[C@H]1CCCCN1Cc1cnc(Cl)nc1Cl. The first-order chi connectivity index (χ1) is 11.2. The summed E-state index contributed by atoms with van der Waals surface area (Å²) >= 11 is 11.9. The van der Waals surface area contributed by atoms with Crippen LogP contribution in [-0.2, 0) is 11.3 Å². The number of aromatic nitrogens is 2. The summed E-state index contributed by atoms with van der Waals surface area (Å²) in [7, 11) is 0. The van der Waals surface area contributed by atoms with Crippen LogP contribution in [0.25, 0.3) is 0 Å². The lowest BCUT2D eigenvalue weighted by atomic mass is 10.0. The fourth-order valence-corrected chi connectivity index (χ4v) is 3.07. The Morgan fingerprint density at radius 2 is 2.17 bits per heavy atom. The van der Waals surface area contributed by atoms with E-state index >= 15 is 0 Å². The normalized spacial score (nSPS) is 19.1. The lowest BCUT2D eigenvalue weighted by molar-refractivity contribution is 0.0492. The Morgan fingerprint density at radius 1 is 1.42 bits per heavy atom. The Morgan fingerprint density at radius 3 is 2.83 bits per heavy atom. The second kappa shape index (κ2) is 8.32. The molecule has 8 heteroatoms. The maximum absolute atomic E-state index is 11.9. The van der Waals surface area contributed by atoms with E-state index in [1.54, 1.807) is 6.20 Å². The van der Waals surface area contributed by atoms with Crippen LogP contribution in [0.2, 0.25) is 10.4 Å². The zero-order valence-corrected chi connectivity index (χ0v) is 15.8. The molecule has 1 fully saturated rings. The maximum atomic E-state index is 11.9. The van der Waals surface area contributed by atoms with Gasteiger partial charge >= 0.3 is 6.09 Å². The summed E-state index contributed by atoms with van der Waals surface area (Å²) in [5.41, 5.74) is 0.343. The van der Waals surface area contributed by atoms with Gasteiger partial charge in [0.05, 0.1) is 0 Å². The Labute approximate surface area is 152 Å². The summed E-state index contributed by atoms with van der Waals surface area (Å²) in [6.07, 6.45) is 4.55. The summed E-state index contributed by atoms with van der Waals surface area (Å²) in [5, 5.41) is 3.38. The molecule has 1 atom stereocenters. The third-order valence-electron chi connectivity index (χ3n) is 3.79. The molecule has 0 spiro atoms. The smallest absolute Gasteiger partial charge is 0.407 e. The van der Waals surface area contributed by atoms with Crippen LogP contribution in [0.3, 0.4) is 0 Å². The van der Waals surface area contributed by atoms with Crippen molar-refractivity contribution in [1.82, 2.24) is 20.2 Å². The molecule has 1 amide bonds. The molecule has 0 saturated carbocycles. The molecule has 2 heterocycles. The standard InChI is InChI=1S/C16H24Cl2N4O2/c1-16(2,3)24-15(23)20-9-12-6-4-5-7-22(12)10-11-8-19-14(18)21-13(11)17/h8,12H,4-7,9-10H2,1-3H3,(H,20,23)/t12-/m1/s1. The number of nitrogens with one attached hydrogen (secondary N) is 1. The second-order valence-electron chi connectivity index (χ2n) is 6.96. The van der Waals surface area contributed by atoms with Gasteiger partial charge in [-0.1, -0.05) is 18.0 Å². The zero-order valence-electron chi connectivity index (χ0n) is 14.3. The molecule has 1 N–H and O–H groups in total. The topological polar surface area (TPSA) is 67.3 Å². The number of hydrogen-bond acceptors (Lipinski definition) is 5. The summed E-state index contributed by atoms with van der Waals surface area (Å²) < 4.78 is 5.29. The first-order valence-electron chi connectivity index (χ1n) is 8.12. The van der Waals surface area contributed by atoms with Gasteiger partial charge in [0.1, 0.15) is 10.8 Å². The number of amides is 1. The van der Waals surface area contributed by atoms with E-state index in [9.17, 15) is 4.79 Å². The van der Waals surface area contributed by atoms with Crippen molar-refractivity contribution in [3.05, 3.63) is 22.2 Å². The molecule has 1 aromatic heterocycles. The van der Waals surface area contributed by atoms with Gasteiger partial charge in [0.25, 0.3) is 0 Å². The van der Waals surface area contributed by atoms with E-state index in [-0.39, 0.29) is 17.4 Å². The third-order valence-corrected chi connectivity index (χ3v) is 4.30. The van der Waals surface area contributed by atoms with E-state index in [0.717, 1.165) is 31.4 Å². The Kier molecular flexibility index (Phi) is 6.66. The van der Waals surface area contributed by atoms with Crippen molar-refractivity contribution in [1.29, 1.82) is 0 Å². The lowest BCUT2D eigenvalue weighted by Gasteiger charge is -2.36. The molecule has 1 aromatic rings. The average Bonchev–Trinajstić information content (AvgIpc) is 2.47. The molecular weight excluding hydrogens is 351 g/mol. The molecule has 0 radical (unpaired) electrons. The van der Waals surface area contributed by atoms with Crippen LogP contribution >= 0.6 is 23.2 Å². The minimum Gasteiger partial charge on any atom is -0.444 e. The van der Waals surface area contributed by atoms with E-state index in [2.05, 4.69) is 20.2 Å². The van der Waals surface area contributed by atoms with Gasteiger partial charge in [-0.2, -0.15) is 0 Å². The average molecular weight is 375 g/mol. The van der Waals surface area contributed by atoms with Crippen molar-refractivity contribution in [2.24, 2.45) is 0 Å². The van der Waals surface area contributed by atoms with Crippen molar-refractivity contribution < 1.29 is 9.53 Å². The Hall–Kier alpha value is -1.11. The van der Waals surface area contributed by atoms with Crippen molar-refractivity contribution >= 4 is 29.3 Å². The van der Waals surface area contributed by atoms with Crippen molar-refractivity contribution in [2.45, 2.75) is 58.2 Å². The summed E-state index contributed by atoms with van der Waals surface area (Å²) in [4.78, 5) is 22.1. The lowest BCUT2D eigenvalue weighted by Crippen LogP contribution is -2.47. The summed E-state index contributed by atoms with van der Waals surface area (Å²) in [6.45, 7) is 7.67. The fraction of sp³-hybridized carbons (Fsp3) is 0.688. The molecule has 24 heavy (non-hydrogen) atoms. The van der Waals surface area contributed by atoms with Gasteiger partial charge in [0.15, 0.2) is 0 Å². The van der Waals surface area contributed by atoms with Gasteiger partial charge in [-0.25, -0.2) is 14.8 Å². The van der Waals surface area contributed by atoms with Crippen molar-refractivity contribution in [3.8, 4) is 0 Å². The van der Waals surface area contributed by atoms with Crippen LogP contribution in [0.4, 0.5) is 4.79 Å². The van der Waals surface area contributed by atoms with Gasteiger partial charge in [0.2, 0.25) is 5.28 Å². The highest BCUT2D eigenvalue weighted by Crippen LogP contribution is 2.22.